The number of nitrogens with zero attached hydrogens (tertiary/aromatic N) is 3. The van der Waals surface area contributed by atoms with Crippen LogP contribution in [0.3, 0.4) is 0 Å². The second-order valence-corrected chi connectivity index (χ2v) is 8.80. The first-order valence-corrected chi connectivity index (χ1v) is 11.5. The van der Waals surface area contributed by atoms with E-state index in [1.807, 2.05) is 50.2 Å². The van der Waals surface area contributed by atoms with Crippen LogP contribution in [0, 0.1) is 12.7 Å². The number of aryl methyl sites for hydroxylation is 1. The smallest absolute Gasteiger partial charge is 0.322 e. The molecule has 1 atom stereocenters. The number of amides is 2. The van der Waals surface area contributed by atoms with Gasteiger partial charge in [0.1, 0.15) is 28.8 Å². The first-order chi connectivity index (χ1) is 16.9. The molecule has 35 heavy (non-hydrogen) atoms. The number of anilines is 1. The van der Waals surface area contributed by atoms with Gasteiger partial charge in [0.05, 0.1) is 12.7 Å². The lowest BCUT2D eigenvalue weighted by atomic mass is 10.1. The fourth-order valence-corrected chi connectivity index (χ4v) is 4.41. The molecule has 0 radical (unpaired) electrons. The molecule has 0 unspecified atom stereocenters. The Labute approximate surface area is 203 Å². The van der Waals surface area contributed by atoms with Crippen LogP contribution >= 0.6 is 0 Å². The fourth-order valence-electron chi connectivity index (χ4n) is 4.41. The molecule has 0 spiro atoms. The zero-order valence-electron chi connectivity index (χ0n) is 19.9. The summed E-state index contributed by atoms with van der Waals surface area (Å²) in [6, 6.07) is 17.2. The minimum absolute atomic E-state index is 0.0738. The first-order valence-electron chi connectivity index (χ1n) is 11.5. The summed E-state index contributed by atoms with van der Waals surface area (Å²) in [5.41, 5.74) is 3.27. The first kappa shape index (κ1) is 22.7. The number of rotatable bonds is 2. The Hall–Kier alpha value is -4.07. The molecule has 180 valence electrons. The van der Waals surface area contributed by atoms with E-state index in [1.165, 1.54) is 12.1 Å². The number of halogens is 1. The molecule has 1 saturated heterocycles. The van der Waals surface area contributed by atoms with Gasteiger partial charge in [-0.1, -0.05) is 6.07 Å². The highest BCUT2D eigenvalue weighted by atomic mass is 19.1. The molecule has 3 aromatic rings. The molecule has 8 heteroatoms. The van der Waals surface area contributed by atoms with Crippen molar-refractivity contribution in [1.82, 2.24) is 9.80 Å². The number of benzene rings is 3. The number of methoxy groups -OCH3 is 1. The van der Waals surface area contributed by atoms with Crippen LogP contribution in [0.25, 0.3) is 0 Å². The zero-order valence-corrected chi connectivity index (χ0v) is 19.9. The Bertz CT molecular complexity index is 1290. The monoisotopic (exact) mass is 474 g/mol. The van der Waals surface area contributed by atoms with Crippen molar-refractivity contribution in [2.75, 3.05) is 32.1 Å². The maximum Gasteiger partial charge on any atom is 0.322 e. The van der Waals surface area contributed by atoms with Crippen LogP contribution in [0.5, 0.6) is 17.2 Å². The summed E-state index contributed by atoms with van der Waals surface area (Å²) in [7, 11) is 1.63. The highest BCUT2D eigenvalue weighted by Crippen LogP contribution is 2.40. The lowest BCUT2D eigenvalue weighted by molar-refractivity contribution is 0.145. The summed E-state index contributed by atoms with van der Waals surface area (Å²) in [6.45, 7) is 5.75. The maximum atomic E-state index is 13.2. The third kappa shape index (κ3) is 4.64. The number of carbonyl (C=O) groups excluding carboxylic acids is 1. The molecule has 1 N–H and O–H groups in total. The van der Waals surface area contributed by atoms with Gasteiger partial charge in [0.25, 0.3) is 0 Å². The van der Waals surface area contributed by atoms with E-state index in [0.717, 1.165) is 22.6 Å². The Morgan fingerprint density at radius 1 is 1.09 bits per heavy atom. The molecule has 3 aromatic carbocycles. The van der Waals surface area contributed by atoms with E-state index in [2.05, 4.69) is 10.2 Å². The van der Waals surface area contributed by atoms with Crippen LogP contribution in [0.1, 0.15) is 18.1 Å². The van der Waals surface area contributed by atoms with Crippen LogP contribution in [-0.4, -0.2) is 54.5 Å². The van der Waals surface area contributed by atoms with Crippen molar-refractivity contribution in [3.8, 4) is 17.2 Å². The molecule has 2 aliphatic heterocycles. The van der Waals surface area contributed by atoms with Gasteiger partial charge in [-0.05, 0) is 67.9 Å². The second kappa shape index (κ2) is 9.29. The summed E-state index contributed by atoms with van der Waals surface area (Å²) in [5.74, 6) is 2.54. The standard InChI is InChI=1S/C27H27FN4O3/c1-17-4-11-23-25(14-17)35-24-15-21(34-3)9-10-22(24)26(30-23)31-12-13-32(18(2)16-31)27(33)29-20-7-5-19(28)6-8-20/h4-11,14-15,18H,12-13,16H2,1-3H3,(H,29,33)/t18-/m0/s1. The van der Waals surface area contributed by atoms with Crippen LogP contribution < -0.4 is 14.8 Å². The van der Waals surface area contributed by atoms with Crippen molar-refractivity contribution in [3.63, 3.8) is 0 Å². The number of aliphatic imine (C=N–C) groups is 1. The Kier molecular flexibility index (Phi) is 6.03. The molecule has 1 fully saturated rings. The molecule has 0 bridgehead atoms. The molecule has 0 saturated carbocycles. The van der Waals surface area contributed by atoms with Crippen LogP contribution in [-0.2, 0) is 0 Å². The van der Waals surface area contributed by atoms with Crippen molar-refractivity contribution in [2.24, 2.45) is 4.99 Å². The number of urea groups is 1. The predicted octanol–water partition coefficient (Wildman–Crippen LogP) is 5.56. The van der Waals surface area contributed by atoms with Crippen LogP contribution in [0.4, 0.5) is 20.6 Å². The molecule has 2 heterocycles. The van der Waals surface area contributed by atoms with E-state index in [9.17, 15) is 9.18 Å². The van der Waals surface area contributed by atoms with E-state index in [4.69, 9.17) is 14.5 Å². The van der Waals surface area contributed by atoms with Crippen molar-refractivity contribution < 1.29 is 18.7 Å². The van der Waals surface area contributed by atoms with Gasteiger partial charge in [0.15, 0.2) is 5.75 Å². The van der Waals surface area contributed by atoms with Gasteiger partial charge in [0, 0.05) is 37.4 Å². The molecular formula is C27H27FN4O3. The number of amidine groups is 1. The average molecular weight is 475 g/mol. The van der Waals surface area contributed by atoms with Crippen molar-refractivity contribution in [1.29, 1.82) is 0 Å². The second-order valence-electron chi connectivity index (χ2n) is 8.80. The van der Waals surface area contributed by atoms with Gasteiger partial charge in [-0.3, -0.25) is 0 Å². The summed E-state index contributed by atoms with van der Waals surface area (Å²) in [5, 5.41) is 2.86. The van der Waals surface area contributed by atoms with Gasteiger partial charge in [-0.2, -0.15) is 0 Å². The highest BCUT2D eigenvalue weighted by Gasteiger charge is 2.32. The van der Waals surface area contributed by atoms with Gasteiger partial charge in [-0.25, -0.2) is 14.2 Å². The molecule has 7 nitrogen and oxygen atoms in total. The Morgan fingerprint density at radius 3 is 2.63 bits per heavy atom. The highest BCUT2D eigenvalue weighted by molar-refractivity contribution is 6.04. The maximum absolute atomic E-state index is 13.2. The number of ether oxygens (including phenoxy) is 2. The topological polar surface area (TPSA) is 66.4 Å². The minimum Gasteiger partial charge on any atom is -0.497 e. The number of piperazine rings is 1. The average Bonchev–Trinajstić information content (AvgIpc) is 3.01. The van der Waals surface area contributed by atoms with Gasteiger partial charge in [-0.15, -0.1) is 0 Å². The van der Waals surface area contributed by atoms with Crippen molar-refractivity contribution >= 4 is 23.2 Å². The van der Waals surface area contributed by atoms with E-state index < -0.39 is 0 Å². The Balaban J connectivity index is 1.41. The minimum atomic E-state index is -0.340. The number of hydrogen-bond acceptors (Lipinski definition) is 5. The summed E-state index contributed by atoms with van der Waals surface area (Å²) in [4.78, 5) is 21.9. The number of carbonyl (C=O) groups is 1. The lowest BCUT2D eigenvalue weighted by Gasteiger charge is -2.41. The normalized spacial score (nSPS) is 16.9. The number of hydrogen-bond donors (Lipinski definition) is 1. The van der Waals surface area contributed by atoms with Crippen LogP contribution in [0.15, 0.2) is 65.7 Å². The largest absolute Gasteiger partial charge is 0.497 e. The summed E-state index contributed by atoms with van der Waals surface area (Å²) in [6.07, 6.45) is 0. The third-order valence-electron chi connectivity index (χ3n) is 6.27. The molecule has 2 aliphatic rings. The fraction of sp³-hybridized carbons (Fsp3) is 0.259. The van der Waals surface area contributed by atoms with Gasteiger partial charge >= 0.3 is 6.03 Å². The predicted molar refractivity (Wildman–Crippen MR) is 134 cm³/mol. The van der Waals surface area contributed by atoms with E-state index >= 15 is 0 Å². The van der Waals surface area contributed by atoms with E-state index in [1.54, 1.807) is 24.1 Å². The van der Waals surface area contributed by atoms with E-state index in [0.29, 0.717) is 42.6 Å². The summed E-state index contributed by atoms with van der Waals surface area (Å²) >= 11 is 0. The SMILES string of the molecule is COc1ccc2c(c1)Oc1cc(C)ccc1N=C2N1CCN(C(=O)Nc2ccc(F)cc2)[C@@H](C)C1. The van der Waals surface area contributed by atoms with E-state index in [-0.39, 0.29) is 17.9 Å². The van der Waals surface area contributed by atoms with Gasteiger partial charge in [0.2, 0.25) is 0 Å². The third-order valence-corrected chi connectivity index (χ3v) is 6.27. The molecule has 0 aliphatic carbocycles. The van der Waals surface area contributed by atoms with Crippen molar-refractivity contribution in [2.45, 2.75) is 19.9 Å². The number of nitrogens with one attached hydrogen (secondary N) is 1. The van der Waals surface area contributed by atoms with Crippen LogP contribution in [0.2, 0.25) is 0 Å². The number of fused-ring (bicyclic) bond motifs is 2. The summed E-state index contributed by atoms with van der Waals surface area (Å²) < 4.78 is 24.9. The molecular weight excluding hydrogens is 447 g/mol. The van der Waals surface area contributed by atoms with Crippen molar-refractivity contribution in [3.05, 3.63) is 77.6 Å². The zero-order chi connectivity index (χ0) is 24.5. The van der Waals surface area contributed by atoms with Gasteiger partial charge < -0.3 is 24.6 Å². The quantitative estimate of drug-likeness (QED) is 0.528. The molecule has 0 aromatic heterocycles. The lowest BCUT2D eigenvalue weighted by Crippen LogP contribution is -2.56. The molecule has 5 rings (SSSR count). The Morgan fingerprint density at radius 2 is 1.89 bits per heavy atom. The molecule has 2 amide bonds.